The highest BCUT2D eigenvalue weighted by Crippen LogP contribution is 2.32. The van der Waals surface area contributed by atoms with E-state index in [2.05, 4.69) is 16.5 Å². The zero-order chi connectivity index (χ0) is 31.0. The topological polar surface area (TPSA) is 113 Å². The lowest BCUT2D eigenvalue weighted by Crippen LogP contribution is -2.42. The van der Waals surface area contributed by atoms with Gasteiger partial charge in [-0.1, -0.05) is 49.6 Å². The number of thioether (sulfide) groups is 1. The SMILES string of the molecule is CS[C@@H]1C[C@H](COCC2CCCCC2)N(Cc2ccc(C(=O)N[C@@H](CCS(C)(=O)=O)C(=O)O)c(-c3ccccc3C)c2)C1. The predicted octanol–water partition coefficient (Wildman–Crippen LogP) is 5.18. The van der Waals surface area contributed by atoms with E-state index in [0.717, 1.165) is 61.2 Å². The number of benzene rings is 2. The predicted molar refractivity (Wildman–Crippen MR) is 173 cm³/mol. The van der Waals surface area contributed by atoms with Gasteiger partial charge in [0, 0.05) is 42.8 Å². The van der Waals surface area contributed by atoms with Gasteiger partial charge in [-0.2, -0.15) is 11.8 Å². The molecule has 3 atom stereocenters. The molecule has 0 bridgehead atoms. The Labute approximate surface area is 260 Å². The summed E-state index contributed by atoms with van der Waals surface area (Å²) in [6.07, 6.45) is 10.6. The van der Waals surface area contributed by atoms with Crippen molar-refractivity contribution in [2.45, 2.75) is 75.7 Å². The number of nitrogens with one attached hydrogen (secondary N) is 1. The number of carboxylic acid groups (broad SMARTS) is 1. The van der Waals surface area contributed by atoms with Crippen LogP contribution in [0.2, 0.25) is 0 Å². The Morgan fingerprint density at radius 1 is 1.09 bits per heavy atom. The fourth-order valence-electron chi connectivity index (χ4n) is 6.25. The molecule has 1 saturated carbocycles. The molecule has 0 radical (unpaired) electrons. The van der Waals surface area contributed by atoms with Gasteiger partial charge >= 0.3 is 5.97 Å². The summed E-state index contributed by atoms with van der Waals surface area (Å²) in [5, 5.41) is 12.8. The molecule has 0 unspecified atom stereocenters. The number of amides is 1. The minimum atomic E-state index is -3.38. The van der Waals surface area contributed by atoms with Gasteiger partial charge in [0.15, 0.2) is 0 Å². The van der Waals surface area contributed by atoms with E-state index in [1.165, 1.54) is 32.1 Å². The number of carbonyl (C=O) groups excluding carboxylic acids is 1. The molecule has 10 heteroatoms. The zero-order valence-corrected chi connectivity index (χ0v) is 27.2. The molecule has 1 saturated heterocycles. The standard InChI is InChI=1S/C33H46N2O6S2/c1-23-9-7-8-12-28(23)30-17-25(13-14-29(30)32(36)34-31(33(37)38)15-16-43(3,39)40)19-35-20-27(42-2)18-26(35)22-41-21-24-10-5-4-6-11-24/h7-9,12-14,17,24,26-27,31H,4-6,10-11,15-16,18-22H2,1-3H3,(H,34,36)(H,37,38)/t26-,27-,31+/m1/s1. The number of aliphatic carboxylic acids is 1. The number of aryl methyl sites for hydroxylation is 1. The van der Waals surface area contributed by atoms with Crippen LogP contribution >= 0.6 is 11.8 Å². The van der Waals surface area contributed by atoms with Crippen molar-refractivity contribution in [1.29, 1.82) is 0 Å². The number of carboxylic acids is 1. The van der Waals surface area contributed by atoms with E-state index in [0.29, 0.717) is 22.8 Å². The van der Waals surface area contributed by atoms with Crippen LogP contribution in [0, 0.1) is 12.8 Å². The summed E-state index contributed by atoms with van der Waals surface area (Å²) < 4.78 is 29.6. The van der Waals surface area contributed by atoms with Crippen LogP contribution in [0.25, 0.3) is 11.1 Å². The van der Waals surface area contributed by atoms with Crippen LogP contribution in [-0.2, 0) is 25.9 Å². The number of likely N-dealkylation sites (tertiary alicyclic amines) is 1. The number of carbonyl (C=O) groups is 2. The van der Waals surface area contributed by atoms with Crippen LogP contribution in [0.3, 0.4) is 0 Å². The summed E-state index contributed by atoms with van der Waals surface area (Å²) in [5.74, 6) is -1.45. The van der Waals surface area contributed by atoms with E-state index < -0.39 is 27.8 Å². The van der Waals surface area contributed by atoms with Gasteiger partial charge < -0.3 is 15.2 Å². The van der Waals surface area contributed by atoms with E-state index in [-0.39, 0.29) is 12.2 Å². The van der Waals surface area contributed by atoms with E-state index in [1.54, 1.807) is 6.07 Å². The molecule has 0 aromatic heterocycles. The molecule has 2 fully saturated rings. The monoisotopic (exact) mass is 630 g/mol. The third-order valence-corrected chi connectivity index (χ3v) is 10.7. The van der Waals surface area contributed by atoms with Gasteiger partial charge in [-0.3, -0.25) is 9.69 Å². The minimum Gasteiger partial charge on any atom is -0.480 e. The van der Waals surface area contributed by atoms with Crippen LogP contribution in [-0.4, -0.2) is 85.7 Å². The molecule has 1 aliphatic carbocycles. The average Bonchev–Trinajstić information content (AvgIpc) is 3.36. The molecule has 1 aliphatic heterocycles. The van der Waals surface area contributed by atoms with Gasteiger partial charge in [-0.25, -0.2) is 13.2 Å². The Morgan fingerprint density at radius 2 is 1.84 bits per heavy atom. The van der Waals surface area contributed by atoms with E-state index >= 15 is 0 Å². The van der Waals surface area contributed by atoms with Gasteiger partial charge in [-0.05, 0) is 79.2 Å². The van der Waals surface area contributed by atoms with Crippen molar-refractivity contribution >= 4 is 33.5 Å². The Morgan fingerprint density at radius 3 is 2.51 bits per heavy atom. The van der Waals surface area contributed by atoms with Crippen molar-refractivity contribution in [3.05, 3.63) is 59.2 Å². The summed E-state index contributed by atoms with van der Waals surface area (Å²) in [6.45, 7) is 5.25. The molecule has 43 heavy (non-hydrogen) atoms. The second-order valence-electron chi connectivity index (χ2n) is 12.2. The van der Waals surface area contributed by atoms with Gasteiger partial charge in [0.2, 0.25) is 0 Å². The molecule has 1 heterocycles. The second-order valence-corrected chi connectivity index (χ2v) is 15.6. The smallest absolute Gasteiger partial charge is 0.326 e. The molecule has 8 nitrogen and oxygen atoms in total. The van der Waals surface area contributed by atoms with Gasteiger partial charge in [0.1, 0.15) is 15.9 Å². The van der Waals surface area contributed by atoms with Crippen molar-refractivity contribution < 1.29 is 27.9 Å². The van der Waals surface area contributed by atoms with Crippen molar-refractivity contribution in [3.63, 3.8) is 0 Å². The Hall–Kier alpha value is -2.40. The molecular weight excluding hydrogens is 585 g/mol. The van der Waals surface area contributed by atoms with Gasteiger partial charge in [-0.15, -0.1) is 0 Å². The van der Waals surface area contributed by atoms with Crippen molar-refractivity contribution in [2.24, 2.45) is 5.92 Å². The molecule has 2 aromatic carbocycles. The summed E-state index contributed by atoms with van der Waals surface area (Å²) in [4.78, 5) is 27.8. The second kappa shape index (κ2) is 15.5. The lowest BCUT2D eigenvalue weighted by Gasteiger charge is -2.27. The number of hydrogen-bond acceptors (Lipinski definition) is 7. The highest BCUT2D eigenvalue weighted by atomic mass is 32.2. The van der Waals surface area contributed by atoms with E-state index in [4.69, 9.17) is 4.74 Å². The first-order valence-electron chi connectivity index (χ1n) is 15.3. The zero-order valence-electron chi connectivity index (χ0n) is 25.6. The van der Waals surface area contributed by atoms with Crippen LogP contribution in [0.5, 0.6) is 0 Å². The minimum absolute atomic E-state index is 0.201. The fourth-order valence-corrected chi connectivity index (χ4v) is 7.66. The quantitative estimate of drug-likeness (QED) is 0.294. The summed E-state index contributed by atoms with van der Waals surface area (Å²) in [5.41, 5.74) is 4.05. The molecule has 0 spiro atoms. The molecule has 2 aromatic rings. The van der Waals surface area contributed by atoms with Crippen molar-refractivity contribution in [2.75, 3.05) is 38.0 Å². The summed E-state index contributed by atoms with van der Waals surface area (Å²) in [6, 6.07) is 12.6. The molecule has 1 amide bonds. The maximum atomic E-state index is 13.5. The van der Waals surface area contributed by atoms with Crippen LogP contribution in [0.1, 0.15) is 66.4 Å². The van der Waals surface area contributed by atoms with Gasteiger partial charge in [0.25, 0.3) is 5.91 Å². The lowest BCUT2D eigenvalue weighted by molar-refractivity contribution is -0.139. The Bertz CT molecular complexity index is 1360. The lowest BCUT2D eigenvalue weighted by atomic mass is 9.90. The largest absolute Gasteiger partial charge is 0.480 e. The Balaban J connectivity index is 1.54. The molecule has 4 rings (SSSR count). The average molecular weight is 631 g/mol. The maximum Gasteiger partial charge on any atom is 0.326 e. The number of nitrogens with zero attached hydrogens (tertiary/aromatic N) is 1. The normalized spacial score (nSPS) is 20.6. The first kappa shape index (κ1) is 33.5. The number of sulfone groups is 1. The summed E-state index contributed by atoms with van der Waals surface area (Å²) in [7, 11) is -3.38. The van der Waals surface area contributed by atoms with Crippen molar-refractivity contribution in [1.82, 2.24) is 10.2 Å². The maximum absolute atomic E-state index is 13.5. The van der Waals surface area contributed by atoms with Crippen LogP contribution in [0.4, 0.5) is 0 Å². The molecule has 2 aliphatic rings. The number of rotatable bonds is 14. The fraction of sp³-hybridized carbons (Fsp3) is 0.576. The molecule has 236 valence electrons. The first-order valence-corrected chi connectivity index (χ1v) is 18.6. The first-order chi connectivity index (χ1) is 20.5. The number of ether oxygens (including phenoxy) is 1. The van der Waals surface area contributed by atoms with E-state index in [9.17, 15) is 23.1 Å². The van der Waals surface area contributed by atoms with Gasteiger partial charge in [0.05, 0.1) is 12.4 Å². The number of hydrogen-bond donors (Lipinski definition) is 2. The van der Waals surface area contributed by atoms with Crippen LogP contribution < -0.4 is 5.32 Å². The third kappa shape index (κ3) is 9.80. The third-order valence-electron chi connectivity index (χ3n) is 8.74. The van der Waals surface area contributed by atoms with Crippen molar-refractivity contribution in [3.8, 4) is 11.1 Å². The highest BCUT2D eigenvalue weighted by Gasteiger charge is 2.32. The van der Waals surface area contributed by atoms with E-state index in [1.807, 2.05) is 55.1 Å². The molecular formula is C33H46N2O6S2. The molecule has 2 N–H and O–H groups in total. The highest BCUT2D eigenvalue weighted by molar-refractivity contribution is 7.99. The Kier molecular flexibility index (Phi) is 12.1. The van der Waals surface area contributed by atoms with Crippen LogP contribution in [0.15, 0.2) is 42.5 Å². The summed E-state index contributed by atoms with van der Waals surface area (Å²) >= 11 is 1.90.